The number of β-amino-alcohol motifs (C(OH)–C–C–N with tert-alkyl or cyclic N) is 1. The van der Waals surface area contributed by atoms with E-state index in [1.807, 2.05) is 99.9 Å². The summed E-state index contributed by atoms with van der Waals surface area (Å²) in [5.74, 6) is 0.943. The highest BCUT2D eigenvalue weighted by Gasteiger charge is 2.44. The van der Waals surface area contributed by atoms with Gasteiger partial charge in [-0.05, 0) is 102 Å². The van der Waals surface area contributed by atoms with Crippen LogP contribution in [0.25, 0.3) is 31.0 Å². The standard InChI is InChI=1S/C52H58N2O11S2/c1-33-49(66-32-53-33)35-8-5-34(6-9-35)7-20-46(59)45-28-39(57)30-54(45)51(60)44(52(2,3)4)27-40(58)31-63-24-23-61-21-22-62-25-26-64-41-15-17-42(18-16-41)65-48-43-19-14-38(56)29-47(43)67-50(48)36-10-12-37(55)13-11-36/h5-6,8-19,29,32,39,44-45,55-57H,7,20-28,30-31H2,1-4H3/t39-,44-,45+/m1/s1. The maximum Gasteiger partial charge on any atom is 0.227 e. The molecule has 3 heterocycles. The summed E-state index contributed by atoms with van der Waals surface area (Å²) in [6, 6.07) is 26.7. The Morgan fingerprint density at radius 1 is 0.791 bits per heavy atom. The van der Waals surface area contributed by atoms with E-state index in [0.717, 1.165) is 42.2 Å². The third-order valence-corrected chi connectivity index (χ3v) is 13.8. The Hall–Kier alpha value is -5.68. The van der Waals surface area contributed by atoms with E-state index in [-0.39, 0.29) is 74.6 Å². The average molecular weight is 951 g/mol. The number of ketones is 2. The Labute approximate surface area is 398 Å². The molecule has 3 N–H and O–H groups in total. The van der Waals surface area contributed by atoms with Gasteiger partial charge < -0.3 is 43.9 Å². The number of aliphatic hydroxyl groups excluding tert-OH is 1. The minimum absolute atomic E-state index is 0.0433. The molecule has 0 saturated carbocycles. The first-order chi connectivity index (χ1) is 32.2. The van der Waals surface area contributed by atoms with Crippen molar-refractivity contribution in [2.45, 2.75) is 65.5 Å². The van der Waals surface area contributed by atoms with Crippen LogP contribution in [0.15, 0.2) is 96.5 Å². The highest BCUT2D eigenvalue weighted by molar-refractivity contribution is 7.22. The third kappa shape index (κ3) is 13.3. The summed E-state index contributed by atoms with van der Waals surface area (Å²) in [6.07, 6.45) is 0.0831. The van der Waals surface area contributed by atoms with Gasteiger partial charge in [0.2, 0.25) is 5.91 Å². The molecule has 0 radical (unpaired) electrons. The summed E-state index contributed by atoms with van der Waals surface area (Å²) in [6.45, 7) is 9.36. The highest BCUT2D eigenvalue weighted by Crippen LogP contribution is 2.47. The largest absolute Gasteiger partial charge is 0.508 e. The number of thiophene rings is 1. The number of phenolic OH excluding ortho intramolecular Hbond substituents is 2. The first-order valence-electron chi connectivity index (χ1n) is 22.4. The smallest absolute Gasteiger partial charge is 0.227 e. The zero-order chi connectivity index (χ0) is 47.5. The molecule has 1 aliphatic rings. The molecule has 1 saturated heterocycles. The number of fused-ring (bicyclic) bond motifs is 1. The van der Waals surface area contributed by atoms with Crippen LogP contribution in [0, 0.1) is 18.3 Å². The predicted octanol–water partition coefficient (Wildman–Crippen LogP) is 9.42. The maximum atomic E-state index is 14.0. The van der Waals surface area contributed by atoms with E-state index < -0.39 is 23.5 Å². The van der Waals surface area contributed by atoms with Gasteiger partial charge in [0.05, 0.1) is 66.1 Å². The lowest BCUT2D eigenvalue weighted by atomic mass is 9.76. The van der Waals surface area contributed by atoms with Crippen molar-refractivity contribution < 1.29 is 53.4 Å². The molecule has 67 heavy (non-hydrogen) atoms. The Morgan fingerprint density at radius 3 is 2.09 bits per heavy atom. The van der Waals surface area contributed by atoms with Gasteiger partial charge in [-0.1, -0.05) is 45.0 Å². The van der Waals surface area contributed by atoms with E-state index in [4.69, 9.17) is 23.7 Å². The molecule has 7 rings (SSSR count). The number of thiazole rings is 1. The zero-order valence-electron chi connectivity index (χ0n) is 38.3. The number of carbonyl (C=O) groups excluding carboxylic acids is 3. The number of hydrogen-bond donors (Lipinski definition) is 3. The molecular formula is C52H58N2O11S2. The number of aliphatic hydroxyl groups is 1. The van der Waals surface area contributed by atoms with Crippen molar-refractivity contribution in [1.82, 2.24) is 9.88 Å². The lowest BCUT2D eigenvalue weighted by molar-refractivity contribution is -0.146. The van der Waals surface area contributed by atoms with Crippen LogP contribution in [0.1, 0.15) is 51.3 Å². The fourth-order valence-electron chi connectivity index (χ4n) is 7.98. The molecule has 13 nitrogen and oxygen atoms in total. The number of Topliss-reactive ketones (excluding diaryl/α,β-unsaturated/α-hetero) is 2. The molecule has 1 aliphatic heterocycles. The van der Waals surface area contributed by atoms with Crippen LogP contribution in [0.2, 0.25) is 0 Å². The van der Waals surface area contributed by atoms with Crippen LogP contribution in [0.3, 0.4) is 0 Å². The number of nitrogens with zero attached hydrogens (tertiary/aromatic N) is 2. The summed E-state index contributed by atoms with van der Waals surface area (Å²) in [5.41, 5.74) is 5.21. The van der Waals surface area contributed by atoms with Crippen LogP contribution < -0.4 is 9.47 Å². The molecule has 0 spiro atoms. The number of carbonyl (C=O) groups is 3. The summed E-state index contributed by atoms with van der Waals surface area (Å²) < 4.78 is 29.9. The second kappa shape index (κ2) is 22.9. The van der Waals surface area contributed by atoms with Crippen LogP contribution >= 0.6 is 22.7 Å². The van der Waals surface area contributed by atoms with Gasteiger partial charge in [-0.2, -0.15) is 0 Å². The first kappa shape index (κ1) is 49.2. The van der Waals surface area contributed by atoms with E-state index >= 15 is 0 Å². The van der Waals surface area contributed by atoms with Crippen molar-refractivity contribution in [2.24, 2.45) is 11.3 Å². The molecule has 15 heteroatoms. The molecule has 0 bridgehead atoms. The number of aromatic hydroxyl groups is 2. The van der Waals surface area contributed by atoms with E-state index in [0.29, 0.717) is 50.1 Å². The number of phenols is 2. The Balaban J connectivity index is 0.771. The second-order valence-electron chi connectivity index (χ2n) is 17.7. The quantitative estimate of drug-likeness (QED) is 0.0520. The van der Waals surface area contributed by atoms with E-state index in [9.17, 15) is 29.7 Å². The van der Waals surface area contributed by atoms with Crippen molar-refractivity contribution in [2.75, 3.05) is 52.8 Å². The molecule has 3 atom stereocenters. The van der Waals surface area contributed by atoms with E-state index in [2.05, 4.69) is 4.98 Å². The number of benzene rings is 4. The van der Waals surface area contributed by atoms with Gasteiger partial charge in [0.25, 0.3) is 0 Å². The normalized spacial score (nSPS) is 15.5. The Bertz CT molecular complexity index is 2580. The van der Waals surface area contributed by atoms with Crippen molar-refractivity contribution in [3.05, 3.63) is 108 Å². The molecule has 4 aromatic carbocycles. The fourth-order valence-corrected chi connectivity index (χ4v) is 9.96. The lowest BCUT2D eigenvalue weighted by Crippen LogP contribution is -2.47. The Kier molecular flexibility index (Phi) is 16.8. The number of hydrogen-bond acceptors (Lipinski definition) is 14. The monoisotopic (exact) mass is 950 g/mol. The van der Waals surface area contributed by atoms with Gasteiger partial charge in [-0.15, -0.1) is 22.7 Å². The van der Waals surface area contributed by atoms with Gasteiger partial charge in [-0.3, -0.25) is 14.4 Å². The molecule has 0 unspecified atom stereocenters. The fraction of sp³-hybridized carbons (Fsp3) is 0.385. The van der Waals surface area contributed by atoms with Crippen LogP contribution in [-0.2, 0) is 35.0 Å². The SMILES string of the molecule is Cc1ncsc1-c1ccc(CCC(=O)[C@@H]2C[C@@H](O)CN2C(=O)[C@@H](CC(=O)COCCOCCOCCOc2ccc(Oc3c(-c4ccc(O)cc4)sc4cc(O)ccc34)cc2)C(C)(C)C)cc1. The first-order valence-corrected chi connectivity index (χ1v) is 24.1. The van der Waals surface area contributed by atoms with Crippen LogP contribution in [0.4, 0.5) is 0 Å². The number of aryl methyl sites for hydroxylation is 2. The lowest BCUT2D eigenvalue weighted by Gasteiger charge is -2.34. The summed E-state index contributed by atoms with van der Waals surface area (Å²) in [7, 11) is 0. The molecular weight excluding hydrogens is 893 g/mol. The molecule has 1 amide bonds. The number of ether oxygens (including phenoxy) is 5. The van der Waals surface area contributed by atoms with E-state index in [1.165, 1.54) is 16.2 Å². The van der Waals surface area contributed by atoms with Gasteiger partial charge >= 0.3 is 0 Å². The number of likely N-dealkylation sites (tertiary alicyclic amines) is 1. The topological polar surface area (TPSA) is 174 Å². The molecule has 2 aromatic heterocycles. The number of aromatic nitrogens is 1. The molecule has 0 aliphatic carbocycles. The second-order valence-corrected chi connectivity index (χ2v) is 19.6. The molecule has 6 aromatic rings. The zero-order valence-corrected chi connectivity index (χ0v) is 39.9. The molecule has 1 fully saturated rings. The van der Waals surface area contributed by atoms with Crippen LogP contribution in [0.5, 0.6) is 28.7 Å². The summed E-state index contributed by atoms with van der Waals surface area (Å²) in [5, 5.41) is 31.3. The number of rotatable bonds is 23. The van der Waals surface area contributed by atoms with Crippen molar-refractivity contribution in [3.63, 3.8) is 0 Å². The van der Waals surface area contributed by atoms with Crippen molar-refractivity contribution in [3.8, 4) is 49.6 Å². The summed E-state index contributed by atoms with van der Waals surface area (Å²) >= 11 is 3.08. The summed E-state index contributed by atoms with van der Waals surface area (Å²) in [4.78, 5) is 48.5. The number of amides is 1. The van der Waals surface area contributed by atoms with Gasteiger partial charge in [0, 0.05) is 41.8 Å². The van der Waals surface area contributed by atoms with Gasteiger partial charge in [-0.25, -0.2) is 4.98 Å². The highest BCUT2D eigenvalue weighted by atomic mass is 32.1. The Morgan fingerprint density at radius 2 is 1.42 bits per heavy atom. The van der Waals surface area contributed by atoms with Gasteiger partial charge in [0.15, 0.2) is 17.3 Å². The van der Waals surface area contributed by atoms with Crippen molar-refractivity contribution >= 4 is 50.2 Å². The van der Waals surface area contributed by atoms with Gasteiger partial charge in [0.1, 0.15) is 36.2 Å². The minimum Gasteiger partial charge on any atom is -0.508 e. The van der Waals surface area contributed by atoms with E-state index in [1.54, 1.807) is 35.6 Å². The minimum atomic E-state index is -0.809. The maximum absolute atomic E-state index is 14.0. The average Bonchev–Trinajstić information content (AvgIpc) is 4.03. The third-order valence-electron chi connectivity index (χ3n) is 11.6. The van der Waals surface area contributed by atoms with Crippen LogP contribution in [-0.4, -0.2) is 108 Å². The molecule has 354 valence electrons. The predicted molar refractivity (Wildman–Crippen MR) is 259 cm³/mol. The van der Waals surface area contributed by atoms with Crippen molar-refractivity contribution in [1.29, 1.82) is 0 Å².